The van der Waals surface area contributed by atoms with Crippen molar-refractivity contribution >= 4 is 5.69 Å². The summed E-state index contributed by atoms with van der Waals surface area (Å²) < 4.78 is 5.54. The van der Waals surface area contributed by atoms with Crippen LogP contribution in [-0.4, -0.2) is 31.9 Å². The molecule has 2 atom stereocenters. The van der Waals surface area contributed by atoms with Crippen LogP contribution in [0.3, 0.4) is 0 Å². The van der Waals surface area contributed by atoms with Gasteiger partial charge in [-0.15, -0.1) is 0 Å². The molecule has 1 fully saturated rings. The molecule has 1 aromatic carbocycles. The van der Waals surface area contributed by atoms with E-state index in [-0.39, 0.29) is 6.10 Å². The number of ether oxygens (including phenoxy) is 1. The van der Waals surface area contributed by atoms with Gasteiger partial charge in [0.1, 0.15) is 0 Å². The molecule has 3 heteroatoms. The number of aliphatic hydroxyl groups excluding tert-OH is 1. The zero-order chi connectivity index (χ0) is 13.7. The number of hydrogen-bond donors (Lipinski definition) is 1. The predicted molar refractivity (Wildman–Crippen MR) is 78.5 cm³/mol. The third-order valence-electron chi connectivity index (χ3n) is 3.88. The van der Waals surface area contributed by atoms with Crippen LogP contribution in [0.1, 0.15) is 37.9 Å². The standard InChI is InChI=1S/C16H25NO2/c1-3-16(18)14-8-4-5-9-15(14)17(2)11-13-7-6-10-19-12-13/h4-5,8-9,13,16,18H,3,6-7,10-12H2,1-2H3/t13?,16-/m1/s1. The Balaban J connectivity index is 2.07. The van der Waals surface area contributed by atoms with Crippen molar-refractivity contribution in [1.29, 1.82) is 0 Å². The molecule has 0 aliphatic carbocycles. The number of para-hydroxylation sites is 1. The first kappa shape index (κ1) is 14.4. The summed E-state index contributed by atoms with van der Waals surface area (Å²) in [5, 5.41) is 10.1. The van der Waals surface area contributed by atoms with Gasteiger partial charge in [-0.25, -0.2) is 0 Å². The molecule has 0 amide bonds. The predicted octanol–water partition coefficient (Wildman–Crippen LogP) is 2.99. The fraction of sp³-hybridized carbons (Fsp3) is 0.625. The lowest BCUT2D eigenvalue weighted by molar-refractivity contribution is 0.0576. The smallest absolute Gasteiger partial charge is 0.0807 e. The van der Waals surface area contributed by atoms with Crippen LogP contribution in [-0.2, 0) is 4.74 Å². The highest BCUT2D eigenvalue weighted by molar-refractivity contribution is 5.54. The second kappa shape index (κ2) is 6.92. The molecular weight excluding hydrogens is 238 g/mol. The zero-order valence-electron chi connectivity index (χ0n) is 12.0. The maximum absolute atomic E-state index is 10.1. The molecule has 2 rings (SSSR count). The molecular formula is C16H25NO2. The third kappa shape index (κ3) is 3.71. The van der Waals surface area contributed by atoms with Gasteiger partial charge in [-0.1, -0.05) is 25.1 Å². The van der Waals surface area contributed by atoms with E-state index >= 15 is 0 Å². The number of benzene rings is 1. The van der Waals surface area contributed by atoms with Crippen molar-refractivity contribution in [3.63, 3.8) is 0 Å². The summed E-state index contributed by atoms with van der Waals surface area (Å²) in [6.45, 7) is 4.78. The van der Waals surface area contributed by atoms with Gasteiger partial charge in [-0.05, 0) is 31.2 Å². The molecule has 0 aromatic heterocycles. The van der Waals surface area contributed by atoms with Crippen molar-refractivity contribution in [2.24, 2.45) is 5.92 Å². The first-order chi connectivity index (χ1) is 9.22. The van der Waals surface area contributed by atoms with E-state index in [1.54, 1.807) is 0 Å². The molecule has 1 aliphatic heterocycles. The molecule has 3 nitrogen and oxygen atoms in total. The average molecular weight is 263 g/mol. The Bertz CT molecular complexity index is 388. The zero-order valence-corrected chi connectivity index (χ0v) is 12.0. The quantitative estimate of drug-likeness (QED) is 0.886. The van der Waals surface area contributed by atoms with Crippen molar-refractivity contribution in [1.82, 2.24) is 0 Å². The van der Waals surface area contributed by atoms with Crippen molar-refractivity contribution in [3.05, 3.63) is 29.8 Å². The highest BCUT2D eigenvalue weighted by Gasteiger charge is 2.18. The normalized spacial score (nSPS) is 21.1. The Labute approximate surface area is 116 Å². The minimum Gasteiger partial charge on any atom is -0.388 e. The molecule has 0 spiro atoms. The molecule has 1 aliphatic rings. The molecule has 0 bridgehead atoms. The topological polar surface area (TPSA) is 32.7 Å². The number of nitrogens with zero attached hydrogens (tertiary/aromatic N) is 1. The molecule has 1 heterocycles. The first-order valence-corrected chi connectivity index (χ1v) is 7.28. The van der Waals surface area contributed by atoms with E-state index in [0.29, 0.717) is 5.92 Å². The fourth-order valence-electron chi connectivity index (χ4n) is 2.77. The third-order valence-corrected chi connectivity index (χ3v) is 3.88. The Morgan fingerprint density at radius 2 is 2.21 bits per heavy atom. The maximum atomic E-state index is 10.1. The van der Waals surface area contributed by atoms with Gasteiger partial charge in [0.25, 0.3) is 0 Å². The van der Waals surface area contributed by atoms with Crippen molar-refractivity contribution in [2.45, 2.75) is 32.3 Å². The lowest BCUT2D eigenvalue weighted by atomic mass is 10.00. The van der Waals surface area contributed by atoms with E-state index in [2.05, 4.69) is 18.0 Å². The van der Waals surface area contributed by atoms with Crippen molar-refractivity contribution < 1.29 is 9.84 Å². The summed E-state index contributed by atoms with van der Waals surface area (Å²) in [6, 6.07) is 8.15. The van der Waals surface area contributed by atoms with Crippen LogP contribution in [0.2, 0.25) is 0 Å². The molecule has 106 valence electrons. The summed E-state index contributed by atoms with van der Waals surface area (Å²) in [4.78, 5) is 2.26. The van der Waals surface area contributed by atoms with Crippen LogP contribution in [0.5, 0.6) is 0 Å². The summed E-state index contributed by atoms with van der Waals surface area (Å²) in [7, 11) is 2.11. The Hall–Kier alpha value is -1.06. The lowest BCUT2D eigenvalue weighted by Crippen LogP contribution is -2.31. The first-order valence-electron chi connectivity index (χ1n) is 7.28. The number of hydrogen-bond acceptors (Lipinski definition) is 3. The second-order valence-corrected chi connectivity index (χ2v) is 5.45. The molecule has 0 saturated carbocycles. The summed E-state index contributed by atoms with van der Waals surface area (Å²) in [5.41, 5.74) is 2.17. The summed E-state index contributed by atoms with van der Waals surface area (Å²) in [6.07, 6.45) is 2.78. The largest absolute Gasteiger partial charge is 0.388 e. The van der Waals surface area contributed by atoms with Crippen LogP contribution in [0.4, 0.5) is 5.69 Å². The van der Waals surface area contributed by atoms with E-state index in [0.717, 1.165) is 43.9 Å². The monoisotopic (exact) mass is 263 g/mol. The van der Waals surface area contributed by atoms with Crippen LogP contribution < -0.4 is 4.90 Å². The number of aliphatic hydroxyl groups is 1. The second-order valence-electron chi connectivity index (χ2n) is 5.45. The van der Waals surface area contributed by atoms with Gasteiger partial charge in [0.2, 0.25) is 0 Å². The van der Waals surface area contributed by atoms with Crippen molar-refractivity contribution in [3.8, 4) is 0 Å². The summed E-state index contributed by atoms with van der Waals surface area (Å²) in [5.74, 6) is 0.602. The van der Waals surface area contributed by atoms with Gasteiger partial charge in [-0.3, -0.25) is 0 Å². The molecule has 0 radical (unpaired) electrons. The summed E-state index contributed by atoms with van der Waals surface area (Å²) >= 11 is 0. The Morgan fingerprint density at radius 1 is 1.42 bits per heavy atom. The van der Waals surface area contributed by atoms with E-state index in [1.807, 2.05) is 25.1 Å². The van der Waals surface area contributed by atoms with Crippen molar-refractivity contribution in [2.75, 3.05) is 31.7 Å². The van der Waals surface area contributed by atoms with Crippen LogP contribution in [0.25, 0.3) is 0 Å². The van der Waals surface area contributed by atoms with Gasteiger partial charge in [0.05, 0.1) is 12.7 Å². The van der Waals surface area contributed by atoms with Gasteiger partial charge >= 0.3 is 0 Å². The lowest BCUT2D eigenvalue weighted by Gasteiger charge is -2.30. The highest BCUT2D eigenvalue weighted by atomic mass is 16.5. The Kier molecular flexibility index (Phi) is 5.23. The van der Waals surface area contributed by atoms with E-state index in [1.165, 1.54) is 6.42 Å². The molecule has 1 aromatic rings. The molecule has 1 saturated heterocycles. The molecule has 1 N–H and O–H groups in total. The minimum atomic E-state index is -0.374. The maximum Gasteiger partial charge on any atom is 0.0807 e. The van der Waals surface area contributed by atoms with Gasteiger partial charge in [0, 0.05) is 31.5 Å². The molecule has 19 heavy (non-hydrogen) atoms. The Morgan fingerprint density at radius 3 is 2.89 bits per heavy atom. The highest BCUT2D eigenvalue weighted by Crippen LogP contribution is 2.28. The minimum absolute atomic E-state index is 0.374. The van der Waals surface area contributed by atoms with Crippen LogP contribution in [0, 0.1) is 5.92 Å². The SMILES string of the molecule is CC[C@@H](O)c1ccccc1N(C)CC1CCCOC1. The van der Waals surface area contributed by atoms with Gasteiger partial charge < -0.3 is 14.7 Å². The molecule has 1 unspecified atom stereocenters. The number of anilines is 1. The van der Waals surface area contributed by atoms with E-state index in [9.17, 15) is 5.11 Å². The van der Waals surface area contributed by atoms with Gasteiger partial charge in [-0.2, -0.15) is 0 Å². The fourth-order valence-corrected chi connectivity index (χ4v) is 2.77. The average Bonchev–Trinajstić information content (AvgIpc) is 2.47. The van der Waals surface area contributed by atoms with E-state index < -0.39 is 0 Å². The van der Waals surface area contributed by atoms with Crippen LogP contribution in [0.15, 0.2) is 24.3 Å². The van der Waals surface area contributed by atoms with Gasteiger partial charge in [0.15, 0.2) is 0 Å². The van der Waals surface area contributed by atoms with Crippen LogP contribution >= 0.6 is 0 Å². The van der Waals surface area contributed by atoms with E-state index in [4.69, 9.17) is 4.74 Å². The number of rotatable bonds is 5.